The minimum absolute atomic E-state index is 0.0168. The Labute approximate surface area is 136 Å². The number of rotatable bonds is 5. The first-order chi connectivity index (χ1) is 10.7. The molecule has 0 fully saturated rings. The Hall–Kier alpha value is -2.34. The van der Waals surface area contributed by atoms with Gasteiger partial charge in [-0.3, -0.25) is 0 Å². The number of esters is 1. The maximum absolute atomic E-state index is 11.6. The molecule has 0 saturated heterocycles. The first-order valence-corrected chi connectivity index (χ1v) is 8.56. The van der Waals surface area contributed by atoms with Crippen molar-refractivity contribution in [3.8, 4) is 6.07 Å². The van der Waals surface area contributed by atoms with Crippen LogP contribution in [0, 0.1) is 11.3 Å². The van der Waals surface area contributed by atoms with Crippen LogP contribution in [0.2, 0.25) is 0 Å². The van der Waals surface area contributed by atoms with Gasteiger partial charge in [0.2, 0.25) is 0 Å². The molecule has 3 nitrogen and oxygen atoms in total. The third kappa shape index (κ3) is 4.59. The average molecular weight is 356 g/mol. The summed E-state index contributed by atoms with van der Waals surface area (Å²) in [6.07, 6.45) is 1.55. The Morgan fingerprint density at radius 2 is 1.77 bits per heavy atom. The van der Waals surface area contributed by atoms with E-state index in [2.05, 4.69) is 12.1 Å². The summed E-state index contributed by atoms with van der Waals surface area (Å²) in [7, 11) is 0. The molecule has 0 aliphatic carbocycles. The third-order valence-electron chi connectivity index (χ3n) is 2.79. The fourth-order valence-corrected chi connectivity index (χ4v) is 3.53. The molecule has 4 heteroatoms. The van der Waals surface area contributed by atoms with E-state index in [-0.39, 0.29) is 27.1 Å². The molecule has 2 aromatic rings. The fraction of sp³-hybridized carbons (Fsp3) is 0.111. The number of carbonyl (C=O) groups is 1. The van der Waals surface area contributed by atoms with Gasteiger partial charge in [-0.15, -0.1) is 0 Å². The molecular formula is C18H15NO2Se. The second kappa shape index (κ2) is 8.19. The molecule has 22 heavy (non-hydrogen) atoms. The summed E-state index contributed by atoms with van der Waals surface area (Å²) in [4.78, 5) is 11.6. The van der Waals surface area contributed by atoms with Gasteiger partial charge in [0.15, 0.2) is 0 Å². The molecule has 0 radical (unpaired) electrons. The number of ether oxygens (including phenoxy) is 1. The second-order valence-corrected chi connectivity index (χ2v) is 6.78. The van der Waals surface area contributed by atoms with E-state index in [4.69, 9.17) is 10.00 Å². The van der Waals surface area contributed by atoms with Crippen molar-refractivity contribution in [2.45, 2.75) is 6.92 Å². The Bertz CT molecular complexity index is 700. The minimum atomic E-state index is -0.581. The number of nitriles is 1. The topological polar surface area (TPSA) is 50.1 Å². The van der Waals surface area contributed by atoms with Gasteiger partial charge < -0.3 is 0 Å². The number of hydrogen-bond acceptors (Lipinski definition) is 3. The molecule has 2 rings (SSSR count). The zero-order chi connectivity index (χ0) is 15.8. The third-order valence-corrected chi connectivity index (χ3v) is 4.92. The second-order valence-electron chi connectivity index (χ2n) is 4.37. The standard InChI is InChI=1S/C18H15NO2Se/c1-2-21-18(20)15(13-19)12-14-8-10-17(11-9-14)22-16-6-4-3-5-7-16/h3-12H,2H2,1H3/b15-12+. The zero-order valence-corrected chi connectivity index (χ0v) is 13.9. The van der Waals surface area contributed by atoms with Crippen LogP contribution in [-0.2, 0) is 9.53 Å². The van der Waals surface area contributed by atoms with Crippen LogP contribution in [0.1, 0.15) is 12.5 Å². The van der Waals surface area contributed by atoms with Crippen molar-refractivity contribution in [3.63, 3.8) is 0 Å². The molecule has 0 aromatic heterocycles. The van der Waals surface area contributed by atoms with Gasteiger partial charge in [-0.2, -0.15) is 0 Å². The first kappa shape index (κ1) is 16.0. The van der Waals surface area contributed by atoms with Gasteiger partial charge in [0, 0.05) is 0 Å². The first-order valence-electron chi connectivity index (χ1n) is 6.85. The van der Waals surface area contributed by atoms with Crippen molar-refractivity contribution in [2.75, 3.05) is 6.61 Å². The molecule has 0 amide bonds. The molecule has 0 N–H and O–H groups in total. The van der Waals surface area contributed by atoms with Gasteiger partial charge in [-0.05, 0) is 0 Å². The molecule has 0 unspecified atom stereocenters. The van der Waals surface area contributed by atoms with Crippen molar-refractivity contribution < 1.29 is 9.53 Å². The van der Waals surface area contributed by atoms with Crippen LogP contribution in [0.4, 0.5) is 0 Å². The summed E-state index contributed by atoms with van der Waals surface area (Å²) in [6, 6.07) is 20.1. The van der Waals surface area contributed by atoms with E-state index in [9.17, 15) is 4.79 Å². The van der Waals surface area contributed by atoms with Crippen molar-refractivity contribution in [1.29, 1.82) is 5.26 Å². The molecule has 0 atom stereocenters. The van der Waals surface area contributed by atoms with Crippen LogP contribution in [-0.4, -0.2) is 27.5 Å². The maximum atomic E-state index is 11.6. The predicted molar refractivity (Wildman–Crippen MR) is 88.1 cm³/mol. The number of carbonyl (C=O) groups excluding carboxylic acids is 1. The predicted octanol–water partition coefficient (Wildman–Crippen LogP) is 1.81. The van der Waals surface area contributed by atoms with E-state index in [1.165, 1.54) is 8.92 Å². The Morgan fingerprint density at radius 3 is 2.36 bits per heavy atom. The van der Waals surface area contributed by atoms with Crippen LogP contribution in [0.15, 0.2) is 60.2 Å². The van der Waals surface area contributed by atoms with E-state index >= 15 is 0 Å². The quantitative estimate of drug-likeness (QED) is 0.355. The van der Waals surface area contributed by atoms with Crippen LogP contribution in [0.25, 0.3) is 6.08 Å². The normalized spacial score (nSPS) is 10.8. The summed E-state index contributed by atoms with van der Waals surface area (Å²) in [5.41, 5.74) is 0.834. The summed E-state index contributed by atoms with van der Waals surface area (Å²) in [6.45, 7) is 1.98. The molecule has 2 aromatic carbocycles. The van der Waals surface area contributed by atoms with E-state index in [1.807, 2.05) is 48.5 Å². The van der Waals surface area contributed by atoms with Crippen molar-refractivity contribution in [1.82, 2.24) is 0 Å². The molecular weight excluding hydrogens is 341 g/mol. The van der Waals surface area contributed by atoms with Crippen LogP contribution in [0.3, 0.4) is 0 Å². The van der Waals surface area contributed by atoms with Crippen molar-refractivity contribution >= 4 is 35.9 Å². The zero-order valence-electron chi connectivity index (χ0n) is 12.2. The Morgan fingerprint density at radius 1 is 1.14 bits per heavy atom. The monoisotopic (exact) mass is 357 g/mol. The molecule has 0 spiro atoms. The van der Waals surface area contributed by atoms with Crippen LogP contribution in [0.5, 0.6) is 0 Å². The summed E-state index contributed by atoms with van der Waals surface area (Å²) in [5, 5.41) is 9.02. The van der Waals surface area contributed by atoms with Crippen LogP contribution < -0.4 is 8.92 Å². The summed E-state index contributed by atoms with van der Waals surface area (Å²) < 4.78 is 7.39. The average Bonchev–Trinajstić information content (AvgIpc) is 2.55. The van der Waals surface area contributed by atoms with E-state index in [0.717, 1.165) is 5.56 Å². The van der Waals surface area contributed by atoms with Gasteiger partial charge in [0.25, 0.3) is 0 Å². The number of benzene rings is 2. The SMILES string of the molecule is CCOC(=O)/C(C#N)=C/c1ccc([Se]c2ccccc2)cc1. The number of nitrogens with zero attached hydrogens (tertiary/aromatic N) is 1. The van der Waals surface area contributed by atoms with Gasteiger partial charge in [-0.25, -0.2) is 0 Å². The number of hydrogen-bond donors (Lipinski definition) is 0. The molecule has 0 saturated carbocycles. The molecule has 110 valence electrons. The van der Waals surface area contributed by atoms with Gasteiger partial charge in [0.1, 0.15) is 0 Å². The Kier molecular flexibility index (Phi) is 5.97. The van der Waals surface area contributed by atoms with E-state index in [1.54, 1.807) is 13.0 Å². The molecule has 0 heterocycles. The van der Waals surface area contributed by atoms with E-state index < -0.39 is 5.97 Å². The summed E-state index contributed by atoms with van der Waals surface area (Å²) in [5.74, 6) is -0.581. The Balaban J connectivity index is 2.11. The fourth-order valence-electron chi connectivity index (χ4n) is 1.77. The van der Waals surface area contributed by atoms with Crippen molar-refractivity contribution in [3.05, 3.63) is 65.7 Å². The molecule has 0 bridgehead atoms. The van der Waals surface area contributed by atoms with Gasteiger partial charge in [-0.1, -0.05) is 0 Å². The van der Waals surface area contributed by atoms with Gasteiger partial charge in [0.05, 0.1) is 0 Å². The van der Waals surface area contributed by atoms with E-state index in [0.29, 0.717) is 0 Å². The van der Waals surface area contributed by atoms with Crippen molar-refractivity contribution in [2.24, 2.45) is 0 Å². The molecule has 0 aliphatic heterocycles. The van der Waals surface area contributed by atoms with Gasteiger partial charge >= 0.3 is 136 Å². The van der Waals surface area contributed by atoms with Crippen LogP contribution >= 0.6 is 0 Å². The summed E-state index contributed by atoms with van der Waals surface area (Å²) >= 11 is 0.253. The molecule has 0 aliphatic rings.